The number of carbonyl (C=O) groups excluding carboxylic acids is 1. The Hall–Kier alpha value is -1.31. The molecule has 2 nitrogen and oxygen atoms in total. The van der Waals surface area contributed by atoms with Crippen molar-refractivity contribution < 1.29 is 4.79 Å². The number of amides is 1. The maximum atomic E-state index is 11.9. The van der Waals surface area contributed by atoms with E-state index < -0.39 is 0 Å². The van der Waals surface area contributed by atoms with E-state index in [0.717, 1.165) is 25.7 Å². The van der Waals surface area contributed by atoms with Gasteiger partial charge in [0.25, 0.3) is 0 Å². The second-order valence-corrected chi connectivity index (χ2v) is 5.21. The van der Waals surface area contributed by atoms with Crippen LogP contribution in [0.2, 0.25) is 0 Å². The van der Waals surface area contributed by atoms with Crippen LogP contribution in [0.5, 0.6) is 0 Å². The largest absolute Gasteiger partial charge is 0.369 e. The summed E-state index contributed by atoms with van der Waals surface area (Å²) < 4.78 is 0. The lowest BCUT2D eigenvalue weighted by Gasteiger charge is -2.39. The molecule has 1 aliphatic carbocycles. The fraction of sp³-hybridized carbons (Fsp3) is 0.533. The Morgan fingerprint density at radius 2 is 1.76 bits per heavy atom. The molecule has 0 radical (unpaired) electrons. The highest BCUT2D eigenvalue weighted by molar-refractivity contribution is 5.82. The van der Waals surface area contributed by atoms with Gasteiger partial charge in [-0.25, -0.2) is 0 Å². The zero-order chi connectivity index (χ0) is 12.3. The minimum atomic E-state index is -0.320. The fourth-order valence-electron chi connectivity index (χ4n) is 3.14. The molecule has 17 heavy (non-hydrogen) atoms. The first-order valence-corrected chi connectivity index (χ1v) is 6.52. The molecule has 92 valence electrons. The van der Waals surface area contributed by atoms with Gasteiger partial charge >= 0.3 is 0 Å². The molecule has 2 N–H and O–H groups in total. The zero-order valence-electron chi connectivity index (χ0n) is 10.5. The Bertz CT molecular complexity index is 379. The van der Waals surface area contributed by atoms with Gasteiger partial charge in [0, 0.05) is 0 Å². The number of hydrogen-bond acceptors (Lipinski definition) is 1. The van der Waals surface area contributed by atoms with Gasteiger partial charge in [0.15, 0.2) is 0 Å². The van der Waals surface area contributed by atoms with Gasteiger partial charge < -0.3 is 5.73 Å². The molecular formula is C15H21NO. The minimum Gasteiger partial charge on any atom is -0.369 e. The summed E-state index contributed by atoms with van der Waals surface area (Å²) in [5.41, 5.74) is 6.61. The minimum absolute atomic E-state index is 0.117. The summed E-state index contributed by atoms with van der Waals surface area (Å²) in [5, 5.41) is 0. The SMILES string of the molecule is C[C@H](c1ccccc1)C1(C(N)=O)CCCCC1. The topological polar surface area (TPSA) is 43.1 Å². The predicted molar refractivity (Wildman–Crippen MR) is 69.6 cm³/mol. The molecule has 1 aromatic rings. The molecule has 0 bridgehead atoms. The summed E-state index contributed by atoms with van der Waals surface area (Å²) >= 11 is 0. The third kappa shape index (κ3) is 2.21. The van der Waals surface area contributed by atoms with Gasteiger partial charge in [-0.2, -0.15) is 0 Å². The Balaban J connectivity index is 2.30. The number of carbonyl (C=O) groups is 1. The first-order valence-electron chi connectivity index (χ1n) is 6.52. The van der Waals surface area contributed by atoms with Gasteiger partial charge in [-0.3, -0.25) is 4.79 Å². The van der Waals surface area contributed by atoms with Crippen LogP contribution in [-0.2, 0) is 4.79 Å². The van der Waals surface area contributed by atoms with Crippen LogP contribution in [0.3, 0.4) is 0 Å². The highest BCUT2D eigenvalue weighted by Crippen LogP contribution is 2.46. The van der Waals surface area contributed by atoms with Gasteiger partial charge in [0.2, 0.25) is 5.91 Å². The second-order valence-electron chi connectivity index (χ2n) is 5.21. The third-order valence-electron chi connectivity index (χ3n) is 4.36. The van der Waals surface area contributed by atoms with Crippen molar-refractivity contribution in [1.82, 2.24) is 0 Å². The predicted octanol–water partition coefficient (Wildman–Crippen LogP) is 3.23. The Morgan fingerprint density at radius 3 is 2.29 bits per heavy atom. The lowest BCUT2D eigenvalue weighted by atomic mass is 9.64. The van der Waals surface area contributed by atoms with Crippen molar-refractivity contribution in [1.29, 1.82) is 0 Å². The number of primary amides is 1. The Morgan fingerprint density at radius 1 is 1.18 bits per heavy atom. The Kier molecular flexibility index (Phi) is 3.51. The molecule has 1 aliphatic rings. The maximum absolute atomic E-state index is 11.9. The third-order valence-corrected chi connectivity index (χ3v) is 4.36. The van der Waals surface area contributed by atoms with Crippen molar-refractivity contribution in [3.8, 4) is 0 Å². The van der Waals surface area contributed by atoms with Crippen molar-refractivity contribution in [3.05, 3.63) is 35.9 Å². The number of nitrogens with two attached hydrogens (primary N) is 1. The van der Waals surface area contributed by atoms with Gasteiger partial charge in [-0.1, -0.05) is 56.5 Å². The summed E-state index contributed by atoms with van der Waals surface area (Å²) in [6, 6.07) is 10.3. The monoisotopic (exact) mass is 231 g/mol. The maximum Gasteiger partial charge on any atom is 0.224 e. The zero-order valence-corrected chi connectivity index (χ0v) is 10.5. The molecule has 1 amide bonds. The first kappa shape index (κ1) is 12.2. The van der Waals surface area contributed by atoms with Crippen molar-refractivity contribution in [3.63, 3.8) is 0 Å². The molecule has 0 spiro atoms. The van der Waals surface area contributed by atoms with Gasteiger partial charge in [-0.15, -0.1) is 0 Å². The van der Waals surface area contributed by atoms with E-state index in [9.17, 15) is 4.79 Å². The molecule has 0 aliphatic heterocycles. The summed E-state index contributed by atoms with van der Waals surface area (Å²) in [6.45, 7) is 2.14. The highest BCUT2D eigenvalue weighted by atomic mass is 16.1. The molecule has 1 atom stereocenters. The summed E-state index contributed by atoms with van der Waals surface area (Å²) in [6.07, 6.45) is 5.37. The van der Waals surface area contributed by atoms with Crippen LogP contribution < -0.4 is 5.73 Å². The van der Waals surface area contributed by atoms with Crippen molar-refractivity contribution in [2.24, 2.45) is 11.1 Å². The van der Waals surface area contributed by atoms with Crippen LogP contribution in [0.1, 0.15) is 50.5 Å². The molecule has 0 heterocycles. The van der Waals surface area contributed by atoms with E-state index in [2.05, 4.69) is 19.1 Å². The van der Waals surface area contributed by atoms with Crippen LogP contribution in [0.15, 0.2) is 30.3 Å². The van der Waals surface area contributed by atoms with Crippen LogP contribution >= 0.6 is 0 Å². The Labute approximate surface area is 103 Å². The van der Waals surface area contributed by atoms with E-state index >= 15 is 0 Å². The lowest BCUT2D eigenvalue weighted by Crippen LogP contribution is -2.42. The van der Waals surface area contributed by atoms with Crippen LogP contribution in [0.4, 0.5) is 0 Å². The van der Waals surface area contributed by atoms with Gasteiger partial charge in [-0.05, 0) is 24.3 Å². The van der Waals surface area contributed by atoms with E-state index in [1.54, 1.807) is 0 Å². The van der Waals surface area contributed by atoms with Gasteiger partial charge in [0.1, 0.15) is 0 Å². The van der Waals surface area contributed by atoms with E-state index in [1.807, 2.05) is 18.2 Å². The average Bonchev–Trinajstić information content (AvgIpc) is 2.39. The molecule has 2 heteroatoms. The van der Waals surface area contributed by atoms with Crippen LogP contribution in [0.25, 0.3) is 0 Å². The van der Waals surface area contributed by atoms with E-state index in [0.29, 0.717) is 0 Å². The lowest BCUT2D eigenvalue weighted by molar-refractivity contribution is -0.130. The summed E-state index contributed by atoms with van der Waals surface area (Å²) in [5.74, 6) is 0.107. The van der Waals surface area contributed by atoms with Gasteiger partial charge in [0.05, 0.1) is 5.41 Å². The molecule has 1 saturated carbocycles. The van der Waals surface area contributed by atoms with Crippen LogP contribution in [0, 0.1) is 5.41 Å². The van der Waals surface area contributed by atoms with Crippen molar-refractivity contribution in [2.45, 2.75) is 44.9 Å². The van der Waals surface area contributed by atoms with Crippen molar-refractivity contribution in [2.75, 3.05) is 0 Å². The van der Waals surface area contributed by atoms with E-state index in [-0.39, 0.29) is 17.2 Å². The number of benzene rings is 1. The fourth-order valence-corrected chi connectivity index (χ4v) is 3.14. The van der Waals surface area contributed by atoms with Crippen LogP contribution in [-0.4, -0.2) is 5.91 Å². The quantitative estimate of drug-likeness (QED) is 0.852. The molecule has 1 fully saturated rings. The average molecular weight is 231 g/mol. The number of hydrogen-bond donors (Lipinski definition) is 1. The normalized spacial score (nSPS) is 20.8. The second kappa shape index (κ2) is 4.91. The standard InChI is InChI=1S/C15H21NO/c1-12(13-8-4-2-5-9-13)15(14(16)17)10-6-3-7-11-15/h2,4-5,8-9,12H,3,6-7,10-11H2,1H3,(H2,16,17)/t12-/m1/s1. The first-order chi connectivity index (χ1) is 8.17. The summed E-state index contributed by atoms with van der Waals surface area (Å²) in [7, 11) is 0. The highest BCUT2D eigenvalue weighted by Gasteiger charge is 2.43. The molecule has 0 aromatic heterocycles. The molecule has 1 aromatic carbocycles. The number of rotatable bonds is 3. The smallest absolute Gasteiger partial charge is 0.224 e. The van der Waals surface area contributed by atoms with E-state index in [1.165, 1.54) is 12.0 Å². The summed E-state index contributed by atoms with van der Waals surface area (Å²) in [4.78, 5) is 11.9. The van der Waals surface area contributed by atoms with Crippen molar-refractivity contribution >= 4 is 5.91 Å². The molecule has 2 rings (SSSR count). The molecule has 0 unspecified atom stereocenters. The van der Waals surface area contributed by atoms with E-state index in [4.69, 9.17) is 5.73 Å². The molecular weight excluding hydrogens is 210 g/mol. The molecule has 0 saturated heterocycles.